The van der Waals surface area contributed by atoms with E-state index in [9.17, 15) is 4.79 Å². The van der Waals surface area contributed by atoms with Crippen LogP contribution in [0.25, 0.3) is 0 Å². The molecule has 2 heterocycles. The highest BCUT2D eigenvalue weighted by Crippen LogP contribution is 2.31. The summed E-state index contributed by atoms with van der Waals surface area (Å²) in [5.41, 5.74) is -0.250. The molecule has 0 aromatic carbocycles. The first-order valence-corrected chi connectivity index (χ1v) is 6.91. The molecule has 2 unspecified atom stereocenters. The van der Waals surface area contributed by atoms with Gasteiger partial charge >= 0.3 is 8.60 Å². The second-order valence-electron chi connectivity index (χ2n) is 3.86. The molecule has 100 valence electrons. The maximum atomic E-state index is 11.0. The van der Waals surface area contributed by atoms with Crippen LogP contribution < -0.4 is 5.56 Å². The van der Waals surface area contributed by atoms with Crippen LogP contribution in [0.5, 0.6) is 0 Å². The summed E-state index contributed by atoms with van der Waals surface area (Å²) in [7, 11) is -2.35. The molecule has 0 radical (unpaired) electrons. The van der Waals surface area contributed by atoms with Crippen LogP contribution in [-0.4, -0.2) is 32.0 Å². The van der Waals surface area contributed by atoms with E-state index in [4.69, 9.17) is 31.3 Å². The topological polar surface area (TPSA) is 96.7 Å². The number of aromatic amines is 1. The van der Waals surface area contributed by atoms with Crippen LogP contribution in [0, 0.1) is 4.77 Å². The lowest BCUT2D eigenvalue weighted by molar-refractivity contribution is -0.0207. The summed E-state index contributed by atoms with van der Waals surface area (Å²) in [5.74, 6) is 0. The van der Waals surface area contributed by atoms with Gasteiger partial charge in [-0.3, -0.25) is 14.3 Å². The van der Waals surface area contributed by atoms with Gasteiger partial charge in [0, 0.05) is 12.3 Å². The van der Waals surface area contributed by atoms with Gasteiger partial charge in [-0.05, 0) is 25.1 Å². The summed E-state index contributed by atoms with van der Waals surface area (Å²) in [5, 5.41) is 0. The molecule has 0 aliphatic carbocycles. The standard InChI is InChI=1S/C9H13N2O5PS/c12-7-3-4-11(9(18)10-7)8-2-1-6(16-8)5-15-17(13)14/h3-4,6,8,13-14H,1-2,5H2,(H,10,12,18). The SMILES string of the molecule is O=c1ccn(C2CCC(COP(O)O)O2)c(=S)[nH]1. The zero-order chi connectivity index (χ0) is 13.1. The summed E-state index contributed by atoms with van der Waals surface area (Å²) in [6.45, 7) is 0.131. The minimum atomic E-state index is -2.35. The van der Waals surface area contributed by atoms with E-state index in [0.717, 1.165) is 12.8 Å². The average molecular weight is 292 g/mol. The van der Waals surface area contributed by atoms with Gasteiger partial charge in [0.1, 0.15) is 6.23 Å². The summed E-state index contributed by atoms with van der Waals surface area (Å²) >= 11 is 5.04. The lowest BCUT2D eigenvalue weighted by Gasteiger charge is -2.16. The maximum Gasteiger partial charge on any atom is 0.327 e. The van der Waals surface area contributed by atoms with E-state index in [0.29, 0.717) is 4.77 Å². The number of hydrogen-bond acceptors (Lipinski definition) is 6. The minimum absolute atomic E-state index is 0.131. The third-order valence-electron chi connectivity index (χ3n) is 2.62. The van der Waals surface area contributed by atoms with Crippen molar-refractivity contribution in [1.29, 1.82) is 0 Å². The average Bonchev–Trinajstić information content (AvgIpc) is 2.75. The molecule has 1 fully saturated rings. The molecule has 0 saturated carbocycles. The fourth-order valence-corrected chi connectivity index (χ4v) is 2.40. The van der Waals surface area contributed by atoms with Crippen LogP contribution in [0.1, 0.15) is 19.1 Å². The molecule has 18 heavy (non-hydrogen) atoms. The third kappa shape index (κ3) is 3.44. The van der Waals surface area contributed by atoms with Crippen molar-refractivity contribution in [1.82, 2.24) is 9.55 Å². The van der Waals surface area contributed by atoms with Gasteiger partial charge < -0.3 is 19.0 Å². The molecule has 2 atom stereocenters. The molecule has 0 amide bonds. The maximum absolute atomic E-state index is 11.0. The molecule has 1 aromatic heterocycles. The molecule has 2 rings (SSSR count). The number of hydrogen-bond donors (Lipinski definition) is 3. The number of aromatic nitrogens is 2. The summed E-state index contributed by atoms with van der Waals surface area (Å²) in [6, 6.07) is 1.38. The van der Waals surface area contributed by atoms with Gasteiger partial charge in [-0.15, -0.1) is 0 Å². The van der Waals surface area contributed by atoms with E-state index >= 15 is 0 Å². The van der Waals surface area contributed by atoms with E-state index in [1.807, 2.05) is 0 Å². The summed E-state index contributed by atoms with van der Waals surface area (Å²) in [4.78, 5) is 30.9. The Balaban J connectivity index is 2.00. The Bertz CT molecular complexity index is 516. The predicted octanol–water partition coefficient (Wildman–Crippen LogP) is 0.812. The van der Waals surface area contributed by atoms with Crippen LogP contribution >= 0.6 is 20.8 Å². The highest BCUT2D eigenvalue weighted by Gasteiger charge is 2.27. The van der Waals surface area contributed by atoms with E-state index in [2.05, 4.69) is 4.98 Å². The first kappa shape index (κ1) is 13.8. The number of nitrogens with one attached hydrogen (secondary N) is 1. The summed E-state index contributed by atoms with van der Waals surface area (Å²) in [6.07, 6.45) is 2.58. The molecule has 1 aromatic rings. The van der Waals surface area contributed by atoms with E-state index in [1.54, 1.807) is 10.8 Å². The second-order valence-corrected chi connectivity index (χ2v) is 5.01. The largest absolute Gasteiger partial charge is 0.352 e. The zero-order valence-corrected chi connectivity index (χ0v) is 11.1. The molecule has 3 N–H and O–H groups in total. The molecular weight excluding hydrogens is 279 g/mol. The van der Waals surface area contributed by atoms with Crippen molar-refractivity contribution in [3.8, 4) is 0 Å². The van der Waals surface area contributed by atoms with Crippen molar-refractivity contribution in [2.24, 2.45) is 0 Å². The normalized spacial score (nSPS) is 23.7. The van der Waals surface area contributed by atoms with Gasteiger partial charge in [-0.1, -0.05) is 0 Å². The van der Waals surface area contributed by atoms with Crippen LogP contribution in [0.3, 0.4) is 0 Å². The Kier molecular flexibility index (Phi) is 4.60. The lowest BCUT2D eigenvalue weighted by Crippen LogP contribution is -2.18. The van der Waals surface area contributed by atoms with Crippen molar-refractivity contribution in [2.45, 2.75) is 25.2 Å². The number of nitrogens with zero attached hydrogens (tertiary/aromatic N) is 1. The zero-order valence-electron chi connectivity index (χ0n) is 9.35. The van der Waals surface area contributed by atoms with Gasteiger partial charge in [-0.2, -0.15) is 0 Å². The smallest absolute Gasteiger partial charge is 0.327 e. The van der Waals surface area contributed by atoms with Gasteiger partial charge in [0.15, 0.2) is 4.77 Å². The Labute approximate surface area is 109 Å². The van der Waals surface area contributed by atoms with Gasteiger partial charge in [0.25, 0.3) is 5.56 Å². The highest BCUT2D eigenvalue weighted by atomic mass is 32.1. The number of H-pyrrole nitrogens is 1. The number of rotatable bonds is 4. The van der Waals surface area contributed by atoms with Crippen molar-refractivity contribution < 1.29 is 19.0 Å². The lowest BCUT2D eigenvalue weighted by atomic mass is 10.2. The fourth-order valence-electron chi connectivity index (χ4n) is 1.82. The van der Waals surface area contributed by atoms with E-state index < -0.39 is 8.60 Å². The van der Waals surface area contributed by atoms with E-state index in [1.165, 1.54) is 6.07 Å². The van der Waals surface area contributed by atoms with Crippen LogP contribution in [0.2, 0.25) is 0 Å². The Morgan fingerprint density at radius 3 is 3.06 bits per heavy atom. The molecule has 7 nitrogen and oxygen atoms in total. The first-order valence-electron chi connectivity index (χ1n) is 5.34. The quantitative estimate of drug-likeness (QED) is 0.561. The molecule has 1 aliphatic heterocycles. The van der Waals surface area contributed by atoms with Crippen LogP contribution in [0.4, 0.5) is 0 Å². The van der Waals surface area contributed by atoms with Crippen LogP contribution in [-0.2, 0) is 9.26 Å². The number of ether oxygens (including phenoxy) is 1. The second kappa shape index (κ2) is 6.01. The van der Waals surface area contributed by atoms with Gasteiger partial charge in [0.2, 0.25) is 0 Å². The van der Waals surface area contributed by atoms with Crippen molar-refractivity contribution in [2.75, 3.05) is 6.61 Å². The van der Waals surface area contributed by atoms with Crippen molar-refractivity contribution >= 4 is 20.8 Å². The molecule has 0 bridgehead atoms. The Morgan fingerprint density at radius 1 is 1.61 bits per heavy atom. The molecule has 0 spiro atoms. The van der Waals surface area contributed by atoms with Gasteiger partial charge in [0.05, 0.1) is 12.7 Å². The minimum Gasteiger partial charge on any atom is -0.352 e. The van der Waals surface area contributed by atoms with Crippen molar-refractivity contribution in [3.05, 3.63) is 27.4 Å². The third-order valence-corrected chi connectivity index (χ3v) is 3.32. The predicted molar refractivity (Wildman–Crippen MR) is 66.3 cm³/mol. The molecule has 1 saturated heterocycles. The Morgan fingerprint density at radius 2 is 2.39 bits per heavy atom. The summed E-state index contributed by atoms with van der Waals surface area (Å²) < 4.78 is 12.3. The molecule has 1 aliphatic rings. The monoisotopic (exact) mass is 292 g/mol. The van der Waals surface area contributed by atoms with Crippen LogP contribution in [0.15, 0.2) is 17.1 Å². The van der Waals surface area contributed by atoms with Gasteiger partial charge in [-0.25, -0.2) is 0 Å². The van der Waals surface area contributed by atoms with E-state index in [-0.39, 0.29) is 24.5 Å². The fraction of sp³-hybridized carbons (Fsp3) is 0.556. The molecule has 9 heteroatoms. The Hall–Kier alpha value is -0.630. The van der Waals surface area contributed by atoms with Crippen molar-refractivity contribution in [3.63, 3.8) is 0 Å². The first-order chi connectivity index (χ1) is 8.56. The molecular formula is C9H13N2O5PS. The highest BCUT2D eigenvalue weighted by molar-refractivity contribution is 7.71.